The number of halogens is 1. The first-order valence-electron chi connectivity index (χ1n) is 11.9. The molecule has 1 heterocycles. The molecular weight excluding hydrogens is 380 g/mol. The number of hydrogen-bond donors (Lipinski definition) is 1. The molecule has 0 radical (unpaired) electrons. The number of nitrogens with one attached hydrogen (secondary N) is 1. The molecule has 7 atom stereocenters. The fraction of sp³-hybridized carbons (Fsp3) is 0.720. The molecule has 29 heavy (non-hydrogen) atoms. The third kappa shape index (κ3) is 3.63. The molecule has 4 heteroatoms. The van der Waals surface area contributed by atoms with Crippen LogP contribution in [-0.2, 0) is 11.3 Å². The zero-order valence-electron chi connectivity index (χ0n) is 17.2. The van der Waals surface area contributed by atoms with Gasteiger partial charge in [0, 0.05) is 23.7 Å². The molecule has 1 saturated heterocycles. The van der Waals surface area contributed by atoms with E-state index < -0.39 is 0 Å². The Labute approximate surface area is 179 Å². The van der Waals surface area contributed by atoms with E-state index in [-0.39, 0.29) is 6.04 Å². The smallest absolute Gasteiger partial charge is 0.237 e. The molecule has 4 aliphatic carbocycles. The topological polar surface area (TPSA) is 32.3 Å². The summed E-state index contributed by atoms with van der Waals surface area (Å²) in [5.41, 5.74) is 1.27. The number of likely N-dealkylation sites (tertiary alicyclic amines) is 1. The summed E-state index contributed by atoms with van der Waals surface area (Å²) in [6, 6.07) is 9.22. The van der Waals surface area contributed by atoms with Crippen LogP contribution in [0.4, 0.5) is 0 Å². The van der Waals surface area contributed by atoms with Gasteiger partial charge in [0.15, 0.2) is 0 Å². The summed E-state index contributed by atoms with van der Waals surface area (Å²) in [5, 5.41) is 4.33. The van der Waals surface area contributed by atoms with Gasteiger partial charge in [0.1, 0.15) is 0 Å². The summed E-state index contributed by atoms with van der Waals surface area (Å²) in [7, 11) is 0. The van der Waals surface area contributed by atoms with Gasteiger partial charge in [-0.15, -0.1) is 0 Å². The summed E-state index contributed by atoms with van der Waals surface area (Å²) in [6.45, 7) is 0.871. The van der Waals surface area contributed by atoms with Crippen molar-refractivity contribution >= 4 is 17.5 Å². The average molecular weight is 413 g/mol. The Morgan fingerprint density at radius 3 is 2.34 bits per heavy atom. The van der Waals surface area contributed by atoms with Gasteiger partial charge in [0.25, 0.3) is 0 Å². The van der Waals surface area contributed by atoms with Crippen LogP contribution in [0.5, 0.6) is 0 Å². The summed E-state index contributed by atoms with van der Waals surface area (Å²) >= 11 is 6.06. The van der Waals surface area contributed by atoms with Crippen LogP contribution in [0.3, 0.4) is 0 Å². The van der Waals surface area contributed by atoms with E-state index in [4.69, 9.17) is 11.6 Å². The average Bonchev–Trinajstić information content (AvgIpc) is 3.12. The van der Waals surface area contributed by atoms with Gasteiger partial charge < -0.3 is 5.32 Å². The standard InChI is InChI=1S/C25H33ClN2O/c26-21-4-1-15(2-5-21)14-28-23-6-3-18(13-23)24(28)25(29)27-22-10-16-7-17(11-22)9-20-12-19(20)8-16/h1-2,4-5,16-20,22-24H,3,6-14H2,(H,27,29)/t16?,17?,18-,19?,20?,22?,23+,24+/m0/s1. The Morgan fingerprint density at radius 1 is 0.897 bits per heavy atom. The number of benzene rings is 1. The number of fused-ring (bicyclic) bond motifs is 5. The van der Waals surface area contributed by atoms with Gasteiger partial charge >= 0.3 is 0 Å². The van der Waals surface area contributed by atoms with E-state index in [0.29, 0.717) is 23.9 Å². The van der Waals surface area contributed by atoms with Gasteiger partial charge in [-0.2, -0.15) is 0 Å². The second-order valence-corrected chi connectivity index (χ2v) is 11.3. The molecule has 3 nitrogen and oxygen atoms in total. The van der Waals surface area contributed by atoms with Gasteiger partial charge in [-0.3, -0.25) is 9.69 Å². The van der Waals surface area contributed by atoms with Crippen LogP contribution in [0.25, 0.3) is 0 Å². The molecular formula is C25H33ClN2O. The van der Waals surface area contributed by atoms with Crippen LogP contribution in [0, 0.1) is 29.6 Å². The van der Waals surface area contributed by atoms with E-state index in [0.717, 1.165) is 35.2 Å². The Hall–Kier alpha value is -1.06. The molecule has 1 N–H and O–H groups in total. The molecule has 0 spiro atoms. The molecule has 1 aromatic carbocycles. The fourth-order valence-electron chi connectivity index (χ4n) is 7.57. The molecule has 6 rings (SSSR count). The van der Waals surface area contributed by atoms with Gasteiger partial charge in [-0.05, 0) is 105 Å². The minimum absolute atomic E-state index is 0.0711. The number of carbonyl (C=O) groups excluding carboxylic acids is 1. The monoisotopic (exact) mass is 412 g/mol. The summed E-state index contributed by atoms with van der Waals surface area (Å²) in [4.78, 5) is 16.0. The fourth-order valence-corrected chi connectivity index (χ4v) is 7.69. The Balaban J connectivity index is 1.14. The van der Waals surface area contributed by atoms with Crippen molar-refractivity contribution in [2.24, 2.45) is 29.6 Å². The number of carbonyl (C=O) groups is 1. The number of amides is 1. The normalized spacial score (nSPS) is 42.9. The molecule has 4 unspecified atom stereocenters. The van der Waals surface area contributed by atoms with Crippen LogP contribution in [-0.4, -0.2) is 28.9 Å². The van der Waals surface area contributed by atoms with Gasteiger partial charge in [-0.25, -0.2) is 0 Å². The zero-order chi connectivity index (χ0) is 19.5. The first-order chi connectivity index (χ1) is 14.1. The third-order valence-electron chi connectivity index (χ3n) is 8.86. The molecule has 5 aliphatic rings. The number of nitrogens with zero attached hydrogens (tertiary/aromatic N) is 1. The van der Waals surface area contributed by atoms with Crippen LogP contribution in [0.1, 0.15) is 63.4 Å². The highest BCUT2D eigenvalue weighted by atomic mass is 35.5. The highest BCUT2D eigenvalue weighted by Gasteiger charge is 2.50. The van der Waals surface area contributed by atoms with Gasteiger partial charge in [-0.1, -0.05) is 23.7 Å². The van der Waals surface area contributed by atoms with E-state index in [1.54, 1.807) is 0 Å². The lowest BCUT2D eigenvalue weighted by Gasteiger charge is -2.38. The van der Waals surface area contributed by atoms with E-state index >= 15 is 0 Å². The Morgan fingerprint density at radius 2 is 1.62 bits per heavy atom. The lowest BCUT2D eigenvalue weighted by molar-refractivity contribution is -0.129. The molecule has 1 aliphatic heterocycles. The van der Waals surface area contributed by atoms with E-state index in [1.165, 1.54) is 63.4 Å². The maximum Gasteiger partial charge on any atom is 0.237 e. The number of hydrogen-bond acceptors (Lipinski definition) is 2. The SMILES string of the molecule is O=C(NC1CC2CC(C1)CC1CC1C2)[C@H]1[C@H]2CC[C@H](C2)N1Cc1ccc(Cl)cc1. The first-order valence-corrected chi connectivity index (χ1v) is 12.3. The second-order valence-electron chi connectivity index (χ2n) is 10.8. The van der Waals surface area contributed by atoms with Gasteiger partial charge in [0.2, 0.25) is 5.91 Å². The van der Waals surface area contributed by atoms with E-state index in [2.05, 4.69) is 22.3 Å². The highest BCUT2D eigenvalue weighted by molar-refractivity contribution is 6.30. The van der Waals surface area contributed by atoms with Crippen molar-refractivity contribution in [2.45, 2.75) is 82.5 Å². The van der Waals surface area contributed by atoms with Crippen molar-refractivity contribution in [3.63, 3.8) is 0 Å². The second kappa shape index (κ2) is 7.27. The molecule has 156 valence electrons. The molecule has 5 fully saturated rings. The number of piperidine rings is 1. The maximum absolute atomic E-state index is 13.5. The van der Waals surface area contributed by atoms with Crippen molar-refractivity contribution in [1.82, 2.24) is 10.2 Å². The largest absolute Gasteiger partial charge is 0.352 e. The van der Waals surface area contributed by atoms with Crippen LogP contribution in [0.15, 0.2) is 24.3 Å². The lowest BCUT2D eigenvalue weighted by atomic mass is 9.76. The summed E-state index contributed by atoms with van der Waals surface area (Å²) in [6.07, 6.45) is 11.9. The molecule has 1 amide bonds. The van der Waals surface area contributed by atoms with E-state index in [9.17, 15) is 4.79 Å². The van der Waals surface area contributed by atoms with Crippen LogP contribution in [0.2, 0.25) is 5.02 Å². The van der Waals surface area contributed by atoms with Crippen molar-refractivity contribution < 1.29 is 4.79 Å². The van der Waals surface area contributed by atoms with Crippen LogP contribution >= 0.6 is 11.6 Å². The highest BCUT2D eigenvalue weighted by Crippen LogP contribution is 2.54. The summed E-state index contributed by atoms with van der Waals surface area (Å²) in [5.74, 6) is 4.65. The molecule has 4 bridgehead atoms. The van der Waals surface area contributed by atoms with Crippen LogP contribution < -0.4 is 5.32 Å². The Bertz CT molecular complexity index is 758. The summed E-state index contributed by atoms with van der Waals surface area (Å²) < 4.78 is 0. The Kier molecular flexibility index (Phi) is 4.68. The predicted octanol–water partition coefficient (Wildman–Crippen LogP) is 5.02. The minimum Gasteiger partial charge on any atom is -0.352 e. The lowest BCUT2D eigenvalue weighted by Crippen LogP contribution is -2.53. The molecule has 1 aromatic rings. The quantitative estimate of drug-likeness (QED) is 0.752. The molecule has 0 aromatic heterocycles. The van der Waals surface area contributed by atoms with Crippen molar-refractivity contribution in [3.8, 4) is 0 Å². The van der Waals surface area contributed by atoms with Gasteiger partial charge in [0.05, 0.1) is 6.04 Å². The van der Waals surface area contributed by atoms with E-state index in [1.807, 2.05) is 12.1 Å². The molecule has 4 saturated carbocycles. The maximum atomic E-state index is 13.5. The van der Waals surface area contributed by atoms with Crippen molar-refractivity contribution in [3.05, 3.63) is 34.9 Å². The predicted molar refractivity (Wildman–Crippen MR) is 116 cm³/mol. The van der Waals surface area contributed by atoms with Crippen molar-refractivity contribution in [2.75, 3.05) is 0 Å². The zero-order valence-corrected chi connectivity index (χ0v) is 18.0. The number of rotatable bonds is 4. The van der Waals surface area contributed by atoms with Crippen molar-refractivity contribution in [1.29, 1.82) is 0 Å². The minimum atomic E-state index is 0.0711. The third-order valence-corrected chi connectivity index (χ3v) is 9.11. The first kappa shape index (κ1) is 18.7.